The summed E-state index contributed by atoms with van der Waals surface area (Å²) in [5, 5.41) is 2.90. The summed E-state index contributed by atoms with van der Waals surface area (Å²) >= 11 is 0. The first-order chi connectivity index (χ1) is 13.2. The van der Waals surface area contributed by atoms with Crippen molar-refractivity contribution in [3.63, 3.8) is 0 Å². The van der Waals surface area contributed by atoms with E-state index >= 15 is 0 Å². The van der Waals surface area contributed by atoms with E-state index in [1.54, 1.807) is 13.2 Å². The first-order valence-electron chi connectivity index (χ1n) is 8.36. The number of ether oxygens (including phenoxy) is 2. The van der Waals surface area contributed by atoms with Crippen LogP contribution < -0.4 is 10.1 Å². The van der Waals surface area contributed by atoms with Crippen LogP contribution in [0.1, 0.15) is 27.7 Å². The van der Waals surface area contributed by atoms with Gasteiger partial charge in [-0.1, -0.05) is 42.5 Å². The zero-order valence-corrected chi connectivity index (χ0v) is 14.8. The van der Waals surface area contributed by atoms with Gasteiger partial charge < -0.3 is 19.2 Å². The SMILES string of the molecule is COc1ccc([C@@H](NC(=O)COC(=O)c2ccco2)c2ccccc2)cc1. The van der Waals surface area contributed by atoms with E-state index in [1.165, 1.54) is 12.3 Å². The van der Waals surface area contributed by atoms with Crippen LogP contribution in [0.2, 0.25) is 0 Å². The number of carbonyl (C=O) groups excluding carboxylic acids is 2. The van der Waals surface area contributed by atoms with Gasteiger partial charge in [-0.3, -0.25) is 4.79 Å². The molecule has 0 radical (unpaired) electrons. The lowest BCUT2D eigenvalue weighted by Crippen LogP contribution is -2.33. The van der Waals surface area contributed by atoms with Gasteiger partial charge in [0.2, 0.25) is 5.76 Å². The summed E-state index contributed by atoms with van der Waals surface area (Å²) in [6, 6.07) is 19.6. The van der Waals surface area contributed by atoms with Crippen LogP contribution >= 0.6 is 0 Å². The minimum Gasteiger partial charge on any atom is -0.497 e. The number of hydrogen-bond donors (Lipinski definition) is 1. The van der Waals surface area contributed by atoms with Crippen LogP contribution in [-0.2, 0) is 9.53 Å². The minimum absolute atomic E-state index is 0.0533. The molecule has 0 saturated heterocycles. The zero-order valence-electron chi connectivity index (χ0n) is 14.8. The smallest absolute Gasteiger partial charge is 0.374 e. The van der Waals surface area contributed by atoms with Crippen LogP contribution in [0.15, 0.2) is 77.4 Å². The van der Waals surface area contributed by atoms with Gasteiger partial charge in [0.05, 0.1) is 19.4 Å². The summed E-state index contributed by atoms with van der Waals surface area (Å²) in [5.41, 5.74) is 1.79. The highest BCUT2D eigenvalue weighted by Gasteiger charge is 2.19. The van der Waals surface area contributed by atoms with Crippen LogP contribution in [0, 0.1) is 0 Å². The third kappa shape index (κ3) is 4.76. The van der Waals surface area contributed by atoms with Gasteiger partial charge >= 0.3 is 5.97 Å². The Morgan fingerprint density at radius 1 is 0.963 bits per heavy atom. The monoisotopic (exact) mass is 365 g/mol. The maximum absolute atomic E-state index is 12.4. The van der Waals surface area contributed by atoms with Crippen molar-refractivity contribution in [1.82, 2.24) is 5.32 Å². The molecule has 6 nitrogen and oxygen atoms in total. The van der Waals surface area contributed by atoms with Gasteiger partial charge in [-0.15, -0.1) is 0 Å². The minimum atomic E-state index is -0.684. The molecule has 0 fully saturated rings. The number of rotatable bonds is 7. The number of amides is 1. The van der Waals surface area contributed by atoms with Crippen molar-refractivity contribution >= 4 is 11.9 Å². The normalized spacial score (nSPS) is 11.4. The molecule has 0 aliphatic carbocycles. The largest absolute Gasteiger partial charge is 0.497 e. The molecule has 1 aromatic heterocycles. The molecule has 1 N–H and O–H groups in total. The second kappa shape index (κ2) is 8.71. The van der Waals surface area contributed by atoms with E-state index in [2.05, 4.69) is 5.32 Å². The first kappa shape index (κ1) is 18.3. The zero-order chi connectivity index (χ0) is 19.1. The summed E-state index contributed by atoms with van der Waals surface area (Å²) in [5.74, 6) is -0.322. The van der Waals surface area contributed by atoms with E-state index < -0.39 is 18.5 Å². The Bertz CT molecular complexity index is 873. The Kier molecular flexibility index (Phi) is 5.89. The third-order valence-corrected chi connectivity index (χ3v) is 3.94. The molecule has 0 spiro atoms. The fraction of sp³-hybridized carbons (Fsp3) is 0.143. The highest BCUT2D eigenvalue weighted by atomic mass is 16.5. The summed E-state index contributed by atoms with van der Waals surface area (Å²) in [7, 11) is 1.60. The highest BCUT2D eigenvalue weighted by molar-refractivity contribution is 5.88. The fourth-order valence-corrected chi connectivity index (χ4v) is 2.60. The number of methoxy groups -OCH3 is 1. The molecule has 27 heavy (non-hydrogen) atoms. The van der Waals surface area contributed by atoms with Crippen molar-refractivity contribution in [3.8, 4) is 5.75 Å². The van der Waals surface area contributed by atoms with E-state index in [0.29, 0.717) is 0 Å². The van der Waals surface area contributed by atoms with Crippen molar-refractivity contribution in [2.24, 2.45) is 0 Å². The maximum atomic E-state index is 12.4. The molecule has 138 valence electrons. The predicted molar refractivity (Wildman–Crippen MR) is 98.4 cm³/mol. The predicted octanol–water partition coefficient (Wildman–Crippen LogP) is 3.35. The second-order valence-electron chi connectivity index (χ2n) is 5.74. The number of esters is 1. The molecule has 1 atom stereocenters. The fourth-order valence-electron chi connectivity index (χ4n) is 2.60. The molecular formula is C21H19NO5. The summed E-state index contributed by atoms with van der Waals surface area (Å²) in [4.78, 5) is 24.2. The molecule has 2 aromatic carbocycles. The molecule has 3 rings (SSSR count). The first-order valence-corrected chi connectivity index (χ1v) is 8.36. The van der Waals surface area contributed by atoms with Gasteiger partial charge in [0.15, 0.2) is 6.61 Å². The molecule has 0 unspecified atom stereocenters. The van der Waals surface area contributed by atoms with Crippen LogP contribution in [0.5, 0.6) is 5.75 Å². The van der Waals surface area contributed by atoms with Gasteiger partial charge in [-0.2, -0.15) is 0 Å². The Hall–Kier alpha value is -3.54. The van der Waals surface area contributed by atoms with E-state index in [-0.39, 0.29) is 11.8 Å². The van der Waals surface area contributed by atoms with Crippen LogP contribution in [0.4, 0.5) is 0 Å². The Balaban J connectivity index is 1.71. The maximum Gasteiger partial charge on any atom is 0.374 e. The molecule has 3 aromatic rings. The lowest BCUT2D eigenvalue weighted by atomic mass is 9.98. The average molecular weight is 365 g/mol. The molecule has 1 amide bonds. The van der Waals surface area contributed by atoms with Crippen molar-refractivity contribution in [2.75, 3.05) is 13.7 Å². The van der Waals surface area contributed by atoms with Gasteiger partial charge in [0.25, 0.3) is 5.91 Å². The molecule has 0 bridgehead atoms. The summed E-state index contributed by atoms with van der Waals surface area (Å²) in [6.07, 6.45) is 1.37. The second-order valence-corrected chi connectivity index (χ2v) is 5.74. The van der Waals surface area contributed by atoms with Gasteiger partial charge in [-0.25, -0.2) is 4.79 Å². The van der Waals surface area contributed by atoms with Crippen molar-refractivity contribution in [1.29, 1.82) is 0 Å². The Morgan fingerprint density at radius 2 is 1.67 bits per heavy atom. The average Bonchev–Trinajstić information content (AvgIpc) is 3.26. The number of benzene rings is 2. The standard InChI is InChI=1S/C21H19NO5/c1-25-17-11-9-16(10-12-17)20(15-6-3-2-4-7-15)22-19(23)14-27-21(24)18-8-5-13-26-18/h2-13,20H,14H2,1H3,(H,22,23)/t20-/m0/s1. The highest BCUT2D eigenvalue weighted by Crippen LogP contribution is 2.24. The van der Waals surface area contributed by atoms with Crippen molar-refractivity contribution < 1.29 is 23.5 Å². The molecule has 1 heterocycles. The molecule has 0 aliphatic rings. The summed E-state index contributed by atoms with van der Waals surface area (Å²) < 4.78 is 15.1. The van der Waals surface area contributed by atoms with E-state index in [0.717, 1.165) is 16.9 Å². The number of furan rings is 1. The van der Waals surface area contributed by atoms with E-state index in [4.69, 9.17) is 13.9 Å². The van der Waals surface area contributed by atoms with Gasteiger partial charge in [-0.05, 0) is 35.4 Å². The third-order valence-electron chi connectivity index (χ3n) is 3.94. The Morgan fingerprint density at radius 3 is 2.30 bits per heavy atom. The quantitative estimate of drug-likeness (QED) is 0.650. The molecular weight excluding hydrogens is 346 g/mol. The van der Waals surface area contributed by atoms with Gasteiger partial charge in [0.1, 0.15) is 5.75 Å². The lowest BCUT2D eigenvalue weighted by Gasteiger charge is -2.20. The van der Waals surface area contributed by atoms with Crippen LogP contribution in [0.3, 0.4) is 0 Å². The summed E-state index contributed by atoms with van der Waals surface area (Å²) in [6.45, 7) is -0.404. The molecule has 0 saturated carbocycles. The number of nitrogens with one attached hydrogen (secondary N) is 1. The number of hydrogen-bond acceptors (Lipinski definition) is 5. The van der Waals surface area contributed by atoms with Crippen LogP contribution in [-0.4, -0.2) is 25.6 Å². The van der Waals surface area contributed by atoms with E-state index in [1.807, 2.05) is 54.6 Å². The molecule has 0 aliphatic heterocycles. The topological polar surface area (TPSA) is 77.8 Å². The van der Waals surface area contributed by atoms with Gasteiger partial charge in [0, 0.05) is 0 Å². The molecule has 6 heteroatoms. The Labute approximate surface area is 156 Å². The number of carbonyl (C=O) groups is 2. The van der Waals surface area contributed by atoms with E-state index in [9.17, 15) is 9.59 Å². The van der Waals surface area contributed by atoms with Crippen LogP contribution in [0.25, 0.3) is 0 Å². The van der Waals surface area contributed by atoms with Crippen molar-refractivity contribution in [2.45, 2.75) is 6.04 Å². The van der Waals surface area contributed by atoms with Crippen molar-refractivity contribution in [3.05, 3.63) is 89.9 Å². The lowest BCUT2D eigenvalue weighted by molar-refractivity contribution is -0.124.